The molecule has 0 aliphatic heterocycles. The van der Waals surface area contributed by atoms with E-state index in [0.717, 1.165) is 6.54 Å². The zero-order chi connectivity index (χ0) is 8.91. The largest absolute Gasteiger partial charge is 0.305 e. The molecule has 0 saturated heterocycles. The third-order valence-electron chi connectivity index (χ3n) is 2.39. The predicted octanol–water partition coefficient (Wildman–Crippen LogP) is 1.58. The molecule has 0 amide bonds. The van der Waals surface area contributed by atoms with Crippen LogP contribution in [-0.2, 0) is 0 Å². The van der Waals surface area contributed by atoms with Gasteiger partial charge in [0.05, 0.1) is 6.17 Å². The minimum Gasteiger partial charge on any atom is -0.305 e. The van der Waals surface area contributed by atoms with Gasteiger partial charge in [-0.1, -0.05) is 27.7 Å². The van der Waals surface area contributed by atoms with Crippen molar-refractivity contribution < 1.29 is 0 Å². The van der Waals surface area contributed by atoms with Crippen LogP contribution in [0.2, 0.25) is 0 Å². The van der Waals surface area contributed by atoms with Gasteiger partial charge in [0.2, 0.25) is 0 Å². The Labute approximate surface area is 70.8 Å². The molecule has 0 saturated carbocycles. The average Bonchev–Trinajstić information content (AvgIpc) is 2.00. The number of hydrogen-bond acceptors (Lipinski definition) is 2. The van der Waals surface area contributed by atoms with E-state index in [4.69, 9.17) is 0 Å². The lowest BCUT2D eigenvalue weighted by Gasteiger charge is -2.33. The van der Waals surface area contributed by atoms with Gasteiger partial charge in [-0.3, -0.25) is 0 Å². The van der Waals surface area contributed by atoms with Crippen LogP contribution in [0, 0.1) is 5.41 Å². The van der Waals surface area contributed by atoms with Crippen molar-refractivity contribution in [2.45, 2.75) is 40.3 Å². The third-order valence-corrected chi connectivity index (χ3v) is 2.39. The Kier molecular flexibility index (Phi) is 4.69. The van der Waals surface area contributed by atoms with Crippen LogP contribution in [0.15, 0.2) is 0 Å². The second-order valence-corrected chi connectivity index (χ2v) is 3.62. The van der Waals surface area contributed by atoms with Crippen molar-refractivity contribution >= 4 is 0 Å². The normalized spacial score (nSPS) is 15.0. The zero-order valence-electron chi connectivity index (χ0n) is 8.49. The molecular formula is C9H22N2. The fourth-order valence-electron chi connectivity index (χ4n) is 1.18. The molecule has 2 heteroatoms. The number of rotatable bonds is 5. The van der Waals surface area contributed by atoms with Crippen LogP contribution < -0.4 is 10.6 Å². The van der Waals surface area contributed by atoms with Crippen molar-refractivity contribution in [2.24, 2.45) is 5.41 Å². The molecule has 1 atom stereocenters. The van der Waals surface area contributed by atoms with Gasteiger partial charge in [-0.25, -0.2) is 0 Å². The minimum atomic E-state index is 0.338. The highest BCUT2D eigenvalue weighted by molar-refractivity contribution is 4.79. The molecule has 0 bridgehead atoms. The van der Waals surface area contributed by atoms with Crippen molar-refractivity contribution in [3.05, 3.63) is 0 Å². The van der Waals surface area contributed by atoms with E-state index in [2.05, 4.69) is 38.3 Å². The summed E-state index contributed by atoms with van der Waals surface area (Å²) in [5.74, 6) is 0. The highest BCUT2D eigenvalue weighted by Crippen LogP contribution is 2.22. The Morgan fingerprint density at radius 3 is 2.09 bits per heavy atom. The van der Waals surface area contributed by atoms with Gasteiger partial charge in [-0.05, 0) is 25.4 Å². The van der Waals surface area contributed by atoms with Crippen molar-refractivity contribution in [2.75, 3.05) is 13.6 Å². The molecule has 0 rings (SSSR count). The molecule has 2 N–H and O–H groups in total. The molecule has 0 heterocycles. The quantitative estimate of drug-likeness (QED) is 0.594. The first kappa shape index (κ1) is 10.9. The van der Waals surface area contributed by atoms with Crippen molar-refractivity contribution in [1.29, 1.82) is 0 Å². The van der Waals surface area contributed by atoms with Gasteiger partial charge >= 0.3 is 0 Å². The predicted molar refractivity (Wildman–Crippen MR) is 50.6 cm³/mol. The molecule has 0 radical (unpaired) electrons. The smallest absolute Gasteiger partial charge is 0.0621 e. The van der Waals surface area contributed by atoms with E-state index in [0.29, 0.717) is 11.6 Å². The summed E-state index contributed by atoms with van der Waals surface area (Å²) in [6.07, 6.45) is 1.61. The number of nitrogens with one attached hydrogen (secondary N) is 2. The Hall–Kier alpha value is -0.0800. The second kappa shape index (κ2) is 4.73. The molecule has 0 aromatic carbocycles. The lowest BCUT2D eigenvalue weighted by molar-refractivity contribution is 0.207. The van der Waals surface area contributed by atoms with Gasteiger partial charge < -0.3 is 10.6 Å². The van der Waals surface area contributed by atoms with E-state index in [-0.39, 0.29) is 0 Å². The van der Waals surface area contributed by atoms with Gasteiger partial charge in [0.1, 0.15) is 0 Å². The molecule has 0 fully saturated rings. The molecule has 0 aromatic heterocycles. The van der Waals surface area contributed by atoms with Gasteiger partial charge in [0, 0.05) is 0 Å². The Bertz CT molecular complexity index is 99.7. The van der Waals surface area contributed by atoms with E-state index in [1.54, 1.807) is 0 Å². The summed E-state index contributed by atoms with van der Waals surface area (Å²) >= 11 is 0. The first-order valence-corrected chi connectivity index (χ1v) is 4.49. The minimum absolute atomic E-state index is 0.338. The van der Waals surface area contributed by atoms with Gasteiger partial charge in [-0.15, -0.1) is 0 Å². The molecule has 0 aromatic rings. The maximum atomic E-state index is 3.41. The Morgan fingerprint density at radius 2 is 1.82 bits per heavy atom. The molecule has 1 unspecified atom stereocenters. The van der Waals surface area contributed by atoms with Crippen LogP contribution >= 0.6 is 0 Å². The standard InChI is InChI=1S/C9H22N2/c1-6-9(3,4)8(10-5)11-7-2/h8,10-11H,6-7H2,1-5H3. The van der Waals surface area contributed by atoms with Gasteiger partial charge in [0.15, 0.2) is 0 Å². The van der Waals surface area contributed by atoms with Gasteiger partial charge in [0.25, 0.3) is 0 Å². The highest BCUT2D eigenvalue weighted by atomic mass is 15.1. The molecule has 11 heavy (non-hydrogen) atoms. The summed E-state index contributed by atoms with van der Waals surface area (Å²) in [6.45, 7) is 9.93. The third kappa shape index (κ3) is 3.21. The maximum absolute atomic E-state index is 3.41. The molecule has 0 aliphatic rings. The lowest BCUT2D eigenvalue weighted by atomic mass is 9.86. The van der Waals surface area contributed by atoms with E-state index >= 15 is 0 Å². The first-order valence-electron chi connectivity index (χ1n) is 4.49. The summed E-state index contributed by atoms with van der Waals surface area (Å²) < 4.78 is 0. The van der Waals surface area contributed by atoms with Crippen LogP contribution in [0.4, 0.5) is 0 Å². The summed E-state index contributed by atoms with van der Waals surface area (Å²) in [5, 5.41) is 6.70. The van der Waals surface area contributed by atoms with Crippen LogP contribution in [0.5, 0.6) is 0 Å². The number of hydrogen-bond donors (Lipinski definition) is 2. The summed E-state index contributed by atoms with van der Waals surface area (Å²) in [4.78, 5) is 0. The molecule has 0 spiro atoms. The second-order valence-electron chi connectivity index (χ2n) is 3.62. The van der Waals surface area contributed by atoms with Crippen LogP contribution in [0.25, 0.3) is 0 Å². The van der Waals surface area contributed by atoms with E-state index in [1.807, 2.05) is 7.05 Å². The molecule has 0 aliphatic carbocycles. The summed E-state index contributed by atoms with van der Waals surface area (Å²) in [6, 6.07) is 0. The highest BCUT2D eigenvalue weighted by Gasteiger charge is 2.24. The van der Waals surface area contributed by atoms with E-state index < -0.39 is 0 Å². The molecule has 2 nitrogen and oxygen atoms in total. The van der Waals surface area contributed by atoms with Crippen molar-refractivity contribution in [3.8, 4) is 0 Å². The Morgan fingerprint density at radius 1 is 1.27 bits per heavy atom. The Balaban J connectivity index is 3.99. The fourth-order valence-corrected chi connectivity index (χ4v) is 1.18. The zero-order valence-corrected chi connectivity index (χ0v) is 8.49. The average molecular weight is 158 g/mol. The SMILES string of the molecule is CCNC(NC)C(C)(C)CC. The molecule has 68 valence electrons. The lowest BCUT2D eigenvalue weighted by Crippen LogP contribution is -2.50. The van der Waals surface area contributed by atoms with E-state index in [1.165, 1.54) is 6.42 Å². The van der Waals surface area contributed by atoms with Crippen molar-refractivity contribution in [3.63, 3.8) is 0 Å². The van der Waals surface area contributed by atoms with E-state index in [9.17, 15) is 0 Å². The summed E-state index contributed by atoms with van der Waals surface area (Å²) in [5.41, 5.74) is 0.338. The first-order chi connectivity index (χ1) is 5.08. The van der Waals surface area contributed by atoms with Crippen LogP contribution in [-0.4, -0.2) is 19.8 Å². The maximum Gasteiger partial charge on any atom is 0.0621 e. The van der Waals surface area contributed by atoms with Crippen molar-refractivity contribution in [1.82, 2.24) is 10.6 Å². The summed E-state index contributed by atoms with van der Waals surface area (Å²) in [7, 11) is 2.00. The van der Waals surface area contributed by atoms with Crippen LogP contribution in [0.1, 0.15) is 34.1 Å². The monoisotopic (exact) mass is 158 g/mol. The topological polar surface area (TPSA) is 24.1 Å². The molecular weight excluding hydrogens is 136 g/mol. The van der Waals surface area contributed by atoms with Gasteiger partial charge in [-0.2, -0.15) is 0 Å². The fraction of sp³-hybridized carbons (Fsp3) is 1.00. The van der Waals surface area contributed by atoms with Crippen LogP contribution in [0.3, 0.4) is 0 Å².